The van der Waals surface area contributed by atoms with Gasteiger partial charge < -0.3 is 4.57 Å². The zero-order valence-electron chi connectivity index (χ0n) is 36.4. The fraction of sp³-hybridized carbons (Fsp3) is 0.0476. The van der Waals surface area contributed by atoms with Crippen LogP contribution in [-0.4, -0.2) is 14.5 Å². The highest BCUT2D eigenvalue weighted by Gasteiger charge is 2.24. The van der Waals surface area contributed by atoms with Crippen molar-refractivity contribution in [2.24, 2.45) is 5.92 Å². The number of nitrogens with zero attached hydrogens (tertiary/aromatic N) is 3. The van der Waals surface area contributed by atoms with Crippen LogP contribution in [-0.2, 0) is 0 Å². The van der Waals surface area contributed by atoms with Gasteiger partial charge in [-0.3, -0.25) is 0 Å². The second-order valence-corrected chi connectivity index (χ2v) is 17.7. The number of aromatic nitrogens is 3. The lowest BCUT2D eigenvalue weighted by atomic mass is 9.80. The van der Waals surface area contributed by atoms with Crippen LogP contribution in [0.15, 0.2) is 231 Å². The number of para-hydroxylation sites is 1. The van der Waals surface area contributed by atoms with Gasteiger partial charge in [-0.15, -0.1) is 0 Å². The number of hydrogen-bond donors (Lipinski definition) is 0. The SMILES string of the molecule is CC1C=C(c2nc(-c3cccc4c(-n5c6ccc7ccccc7c6c6c7ccccc7c(-c7ccccc7)cc65)cccc34)nc3ccccc23)C=CC1c1cccc(-c2ccccc2)c1. The van der Waals surface area contributed by atoms with E-state index in [-0.39, 0.29) is 11.8 Å². The first-order chi connectivity index (χ1) is 32.7. The van der Waals surface area contributed by atoms with E-state index in [0.717, 1.165) is 50.0 Å². The first-order valence-electron chi connectivity index (χ1n) is 22.9. The molecule has 0 saturated heterocycles. The molecule has 0 spiro atoms. The van der Waals surface area contributed by atoms with Crippen molar-refractivity contribution in [3.63, 3.8) is 0 Å². The molecule has 3 nitrogen and oxygen atoms in total. The van der Waals surface area contributed by atoms with E-state index in [1.165, 1.54) is 71.2 Å². The molecule has 0 amide bonds. The van der Waals surface area contributed by atoms with Gasteiger partial charge in [-0.1, -0.05) is 213 Å². The van der Waals surface area contributed by atoms with E-state index in [2.05, 4.69) is 242 Å². The third kappa shape index (κ3) is 6.12. The molecule has 2 atom stereocenters. The quantitative estimate of drug-likeness (QED) is 0.167. The molecule has 2 unspecified atom stereocenters. The van der Waals surface area contributed by atoms with Crippen LogP contribution in [0.1, 0.15) is 24.1 Å². The molecule has 3 heteroatoms. The fourth-order valence-corrected chi connectivity index (χ4v) is 10.8. The molecule has 2 heterocycles. The van der Waals surface area contributed by atoms with Gasteiger partial charge in [-0.25, -0.2) is 9.97 Å². The molecular formula is C63H43N3. The lowest BCUT2D eigenvalue weighted by Gasteiger charge is -2.24. The smallest absolute Gasteiger partial charge is 0.161 e. The van der Waals surface area contributed by atoms with E-state index in [9.17, 15) is 0 Å². The van der Waals surface area contributed by atoms with E-state index < -0.39 is 0 Å². The lowest BCUT2D eigenvalue weighted by Crippen LogP contribution is -2.10. The van der Waals surface area contributed by atoms with E-state index in [1.807, 2.05) is 0 Å². The van der Waals surface area contributed by atoms with Crippen molar-refractivity contribution < 1.29 is 0 Å². The molecule has 12 aromatic rings. The summed E-state index contributed by atoms with van der Waals surface area (Å²) in [5.41, 5.74) is 13.7. The highest BCUT2D eigenvalue weighted by molar-refractivity contribution is 6.30. The Labute approximate surface area is 383 Å². The van der Waals surface area contributed by atoms with Crippen molar-refractivity contribution in [1.82, 2.24) is 14.5 Å². The molecule has 2 aromatic heterocycles. The third-order valence-electron chi connectivity index (χ3n) is 13.9. The molecular weight excluding hydrogens is 799 g/mol. The van der Waals surface area contributed by atoms with Gasteiger partial charge in [-0.05, 0) is 90.5 Å². The van der Waals surface area contributed by atoms with Gasteiger partial charge in [0.15, 0.2) is 5.82 Å². The van der Waals surface area contributed by atoms with Crippen molar-refractivity contribution in [2.75, 3.05) is 0 Å². The van der Waals surface area contributed by atoms with Gasteiger partial charge in [0.1, 0.15) is 0 Å². The summed E-state index contributed by atoms with van der Waals surface area (Å²) in [7, 11) is 0. The molecule has 10 aromatic carbocycles. The number of allylic oxidation sites excluding steroid dienone is 4. The van der Waals surface area contributed by atoms with Gasteiger partial charge in [0.25, 0.3) is 0 Å². The third-order valence-corrected chi connectivity index (χ3v) is 13.9. The average Bonchev–Trinajstić information content (AvgIpc) is 3.73. The summed E-state index contributed by atoms with van der Waals surface area (Å²) in [5.74, 6) is 1.23. The summed E-state index contributed by atoms with van der Waals surface area (Å²) in [4.78, 5) is 10.8. The second-order valence-electron chi connectivity index (χ2n) is 17.7. The van der Waals surface area contributed by atoms with Gasteiger partial charge in [0.2, 0.25) is 0 Å². The van der Waals surface area contributed by atoms with Crippen LogP contribution >= 0.6 is 0 Å². The first-order valence-corrected chi connectivity index (χ1v) is 22.9. The molecule has 66 heavy (non-hydrogen) atoms. The summed E-state index contributed by atoms with van der Waals surface area (Å²) in [5, 5.41) is 10.8. The van der Waals surface area contributed by atoms with Gasteiger partial charge in [0, 0.05) is 33.0 Å². The fourth-order valence-electron chi connectivity index (χ4n) is 10.8. The van der Waals surface area contributed by atoms with Crippen LogP contribution in [0.5, 0.6) is 0 Å². The second kappa shape index (κ2) is 15.4. The topological polar surface area (TPSA) is 30.7 Å². The Balaban J connectivity index is 0.988. The normalized spacial score (nSPS) is 15.1. The van der Waals surface area contributed by atoms with Crippen molar-refractivity contribution >= 4 is 70.6 Å². The largest absolute Gasteiger partial charge is 0.309 e. The molecule has 0 radical (unpaired) electrons. The van der Waals surface area contributed by atoms with E-state index in [1.54, 1.807) is 0 Å². The summed E-state index contributed by atoms with van der Waals surface area (Å²) < 4.78 is 2.50. The number of benzene rings is 10. The number of hydrogen-bond acceptors (Lipinski definition) is 2. The Bertz CT molecular complexity index is 3950. The summed E-state index contributed by atoms with van der Waals surface area (Å²) in [6.45, 7) is 2.32. The average molecular weight is 842 g/mol. The van der Waals surface area contributed by atoms with Crippen LogP contribution in [0.2, 0.25) is 0 Å². The highest BCUT2D eigenvalue weighted by atomic mass is 15.0. The minimum atomic E-state index is 0.252. The summed E-state index contributed by atoms with van der Waals surface area (Å²) in [6, 6.07) is 76.9. The maximum Gasteiger partial charge on any atom is 0.161 e. The number of fused-ring (bicyclic) bond motifs is 9. The molecule has 13 rings (SSSR count). The Kier molecular flexibility index (Phi) is 8.89. The van der Waals surface area contributed by atoms with E-state index in [4.69, 9.17) is 9.97 Å². The molecule has 0 bridgehead atoms. The van der Waals surface area contributed by atoms with Crippen molar-refractivity contribution in [2.45, 2.75) is 12.8 Å². The molecule has 310 valence electrons. The summed E-state index contributed by atoms with van der Waals surface area (Å²) in [6.07, 6.45) is 7.05. The predicted octanol–water partition coefficient (Wildman–Crippen LogP) is 16.6. The lowest BCUT2D eigenvalue weighted by molar-refractivity contribution is 0.638. The standard InChI is InChI=1S/C63H43N3/c1-40-37-46(33-35-47(40)45-23-14-22-44(38-45)41-17-4-2-5-18-41)62-54-27-12-13-31-56(54)64-63(65-62)53-30-15-29-51-49(53)28-16-32-57(51)66-58-36-34-43-21-8-9-24-48(43)60(58)61-52-26-11-10-25-50(52)55(39-59(61)66)42-19-6-3-7-20-42/h2-40,47H,1H3. The molecule has 0 N–H and O–H groups in total. The Hall–Kier alpha value is -8.40. The molecule has 0 aliphatic heterocycles. The van der Waals surface area contributed by atoms with Crippen molar-refractivity contribution in [1.29, 1.82) is 0 Å². The maximum absolute atomic E-state index is 5.50. The van der Waals surface area contributed by atoms with Crippen molar-refractivity contribution in [3.05, 3.63) is 242 Å². The van der Waals surface area contributed by atoms with Crippen LogP contribution in [0.25, 0.3) is 110 Å². The monoisotopic (exact) mass is 841 g/mol. The first kappa shape index (κ1) is 38.1. The summed E-state index contributed by atoms with van der Waals surface area (Å²) >= 11 is 0. The molecule has 1 aliphatic rings. The van der Waals surface area contributed by atoms with Crippen LogP contribution in [0.4, 0.5) is 0 Å². The Morgan fingerprint density at radius 2 is 1.08 bits per heavy atom. The maximum atomic E-state index is 5.50. The molecule has 1 aliphatic carbocycles. The van der Waals surface area contributed by atoms with E-state index >= 15 is 0 Å². The molecule has 0 fully saturated rings. The predicted molar refractivity (Wildman–Crippen MR) is 278 cm³/mol. The zero-order chi connectivity index (χ0) is 43.7. The van der Waals surface area contributed by atoms with E-state index in [0.29, 0.717) is 0 Å². The molecule has 0 saturated carbocycles. The Morgan fingerprint density at radius 1 is 0.439 bits per heavy atom. The minimum Gasteiger partial charge on any atom is -0.309 e. The van der Waals surface area contributed by atoms with Crippen LogP contribution in [0, 0.1) is 5.92 Å². The van der Waals surface area contributed by atoms with Gasteiger partial charge >= 0.3 is 0 Å². The zero-order valence-corrected chi connectivity index (χ0v) is 36.4. The highest BCUT2D eigenvalue weighted by Crippen LogP contribution is 2.45. The van der Waals surface area contributed by atoms with Crippen LogP contribution < -0.4 is 0 Å². The van der Waals surface area contributed by atoms with Gasteiger partial charge in [0.05, 0.1) is 27.9 Å². The number of rotatable bonds is 6. The van der Waals surface area contributed by atoms with Crippen LogP contribution in [0.3, 0.4) is 0 Å². The minimum absolute atomic E-state index is 0.252. The van der Waals surface area contributed by atoms with Gasteiger partial charge in [-0.2, -0.15) is 0 Å². The van der Waals surface area contributed by atoms with Crippen molar-refractivity contribution in [3.8, 4) is 39.3 Å². The Morgan fingerprint density at radius 3 is 1.91 bits per heavy atom.